The molecular weight excluding hydrogens is 320 g/mol. The van der Waals surface area contributed by atoms with Gasteiger partial charge in [0.05, 0.1) is 12.8 Å². The molecule has 0 spiro atoms. The largest absolute Gasteiger partial charge is 0.497 e. The summed E-state index contributed by atoms with van der Waals surface area (Å²) in [7, 11) is 3.84. The molecular formula is C18H24N4OS. The van der Waals surface area contributed by atoms with E-state index in [4.69, 9.17) is 9.84 Å². The monoisotopic (exact) mass is 344 g/mol. The number of methoxy groups -OCH3 is 1. The van der Waals surface area contributed by atoms with Crippen LogP contribution < -0.4 is 9.54 Å². The van der Waals surface area contributed by atoms with Crippen LogP contribution in [0.4, 0.5) is 0 Å². The van der Waals surface area contributed by atoms with E-state index in [0.717, 1.165) is 54.5 Å². The van der Waals surface area contributed by atoms with Gasteiger partial charge in [0.25, 0.3) is 0 Å². The molecule has 6 heteroatoms. The van der Waals surface area contributed by atoms with Gasteiger partial charge in [-0.1, -0.05) is 6.08 Å². The molecule has 1 aromatic carbocycles. The Morgan fingerprint density at radius 3 is 2.54 bits per heavy atom. The van der Waals surface area contributed by atoms with Crippen molar-refractivity contribution in [2.24, 2.45) is 5.10 Å². The van der Waals surface area contributed by atoms with Gasteiger partial charge < -0.3 is 14.2 Å². The molecule has 2 aromatic rings. The van der Waals surface area contributed by atoms with Crippen LogP contribution in [-0.2, 0) is 6.54 Å². The van der Waals surface area contributed by atoms with Crippen molar-refractivity contribution in [1.29, 1.82) is 0 Å². The normalized spacial score (nSPS) is 16.4. The molecule has 1 fully saturated rings. The zero-order valence-corrected chi connectivity index (χ0v) is 15.1. The van der Waals surface area contributed by atoms with Crippen molar-refractivity contribution in [3.05, 3.63) is 47.1 Å². The number of thiazole rings is 1. The van der Waals surface area contributed by atoms with Crippen LogP contribution in [0.1, 0.15) is 0 Å². The quantitative estimate of drug-likeness (QED) is 0.781. The highest BCUT2D eigenvalue weighted by molar-refractivity contribution is 7.07. The summed E-state index contributed by atoms with van der Waals surface area (Å²) in [6, 6.07) is 8.14. The summed E-state index contributed by atoms with van der Waals surface area (Å²) in [4.78, 5) is 3.35. The molecule has 3 rings (SSSR count). The lowest BCUT2D eigenvalue weighted by Gasteiger charge is -2.29. The average Bonchev–Trinajstić information content (AvgIpc) is 3.00. The van der Waals surface area contributed by atoms with Crippen LogP contribution in [0.15, 0.2) is 47.4 Å². The number of benzene rings is 1. The van der Waals surface area contributed by atoms with Gasteiger partial charge >= 0.3 is 0 Å². The molecule has 1 aliphatic heterocycles. The van der Waals surface area contributed by atoms with E-state index in [-0.39, 0.29) is 0 Å². The Bertz CT molecular complexity index is 739. The topological polar surface area (TPSA) is 33.0 Å². The first-order valence-electron chi connectivity index (χ1n) is 8.13. The lowest BCUT2D eigenvalue weighted by atomic mass is 10.1. The summed E-state index contributed by atoms with van der Waals surface area (Å²) in [6.45, 7) is 8.70. The van der Waals surface area contributed by atoms with Crippen LogP contribution in [0.25, 0.3) is 11.3 Å². The van der Waals surface area contributed by atoms with Gasteiger partial charge in [0.1, 0.15) is 5.75 Å². The number of ether oxygens (including phenoxy) is 1. The number of hydrogen-bond acceptors (Lipinski definition) is 5. The number of allylic oxidation sites excluding steroid dienone is 1. The highest BCUT2D eigenvalue weighted by Crippen LogP contribution is 2.23. The van der Waals surface area contributed by atoms with Crippen molar-refractivity contribution >= 4 is 11.3 Å². The third kappa shape index (κ3) is 3.71. The van der Waals surface area contributed by atoms with E-state index >= 15 is 0 Å². The highest BCUT2D eigenvalue weighted by Gasteiger charge is 2.13. The van der Waals surface area contributed by atoms with Crippen molar-refractivity contribution in [3.63, 3.8) is 0 Å². The Hall–Kier alpha value is -2.05. The van der Waals surface area contributed by atoms with E-state index in [1.54, 1.807) is 18.4 Å². The molecule has 0 N–H and O–H groups in total. The smallest absolute Gasteiger partial charge is 0.208 e. The minimum atomic E-state index is 0.747. The number of piperazine rings is 1. The molecule has 0 atom stereocenters. The fourth-order valence-electron chi connectivity index (χ4n) is 2.72. The van der Waals surface area contributed by atoms with E-state index in [1.165, 1.54) is 0 Å². The van der Waals surface area contributed by atoms with Crippen molar-refractivity contribution in [1.82, 2.24) is 14.5 Å². The molecule has 0 amide bonds. The van der Waals surface area contributed by atoms with Crippen molar-refractivity contribution in [3.8, 4) is 17.0 Å². The van der Waals surface area contributed by atoms with Gasteiger partial charge in [-0.05, 0) is 36.9 Å². The molecule has 1 aromatic heterocycles. The van der Waals surface area contributed by atoms with Crippen LogP contribution in [0.2, 0.25) is 0 Å². The molecule has 1 aliphatic rings. The van der Waals surface area contributed by atoms with Crippen LogP contribution >= 0.6 is 11.3 Å². The van der Waals surface area contributed by atoms with E-state index in [9.17, 15) is 0 Å². The number of nitrogens with zero attached hydrogens (tertiary/aromatic N) is 4. The molecule has 0 bridgehead atoms. The van der Waals surface area contributed by atoms with Crippen LogP contribution in [0, 0.1) is 0 Å². The van der Waals surface area contributed by atoms with Gasteiger partial charge in [-0.15, -0.1) is 23.0 Å². The van der Waals surface area contributed by atoms with Gasteiger partial charge in [-0.25, -0.2) is 0 Å². The first kappa shape index (κ1) is 16.8. The van der Waals surface area contributed by atoms with Gasteiger partial charge in [0, 0.05) is 38.1 Å². The fourth-order valence-corrected chi connectivity index (χ4v) is 3.67. The Labute approximate surface area is 147 Å². The maximum atomic E-state index is 5.25. The summed E-state index contributed by atoms with van der Waals surface area (Å²) in [5, 5.41) is 9.20. The zero-order valence-electron chi connectivity index (χ0n) is 14.3. The van der Waals surface area contributed by atoms with Crippen LogP contribution in [-0.4, -0.2) is 54.8 Å². The predicted molar refractivity (Wildman–Crippen MR) is 99.1 cm³/mol. The minimum Gasteiger partial charge on any atom is -0.497 e. The third-order valence-corrected chi connectivity index (χ3v) is 5.06. The molecule has 0 saturated carbocycles. The fraction of sp³-hybridized carbons (Fsp3) is 0.389. The van der Waals surface area contributed by atoms with Crippen molar-refractivity contribution < 1.29 is 4.74 Å². The van der Waals surface area contributed by atoms with E-state index < -0.39 is 0 Å². The molecule has 0 unspecified atom stereocenters. The van der Waals surface area contributed by atoms with E-state index in [2.05, 4.69) is 45.6 Å². The second-order valence-electron chi connectivity index (χ2n) is 5.89. The van der Waals surface area contributed by atoms with Crippen molar-refractivity contribution in [2.75, 3.05) is 40.3 Å². The average molecular weight is 344 g/mol. The van der Waals surface area contributed by atoms with E-state index in [1.807, 2.05) is 18.2 Å². The molecule has 128 valence electrons. The summed E-state index contributed by atoms with van der Waals surface area (Å²) in [6.07, 6.45) is 1.92. The zero-order chi connectivity index (χ0) is 16.9. The standard InChI is InChI=1S/C18H24N4OS/c1-4-9-22-17(15-5-7-16(23-3)8-6-15)14-24-18(22)19-21-12-10-20(2)11-13-21/h4-8,14H,1,9-13H2,2-3H3. The highest BCUT2D eigenvalue weighted by atomic mass is 32.1. The van der Waals surface area contributed by atoms with Gasteiger partial charge in [-0.2, -0.15) is 0 Å². The maximum Gasteiger partial charge on any atom is 0.208 e. The number of aromatic nitrogens is 1. The Kier molecular flexibility index (Phi) is 5.37. The summed E-state index contributed by atoms with van der Waals surface area (Å²) >= 11 is 1.68. The first-order chi connectivity index (χ1) is 11.7. The first-order valence-corrected chi connectivity index (χ1v) is 9.01. The number of likely N-dealkylation sites (N-methyl/N-ethyl adjacent to an activating group) is 1. The van der Waals surface area contributed by atoms with Crippen molar-refractivity contribution in [2.45, 2.75) is 6.54 Å². The second kappa shape index (κ2) is 7.68. The third-order valence-electron chi connectivity index (χ3n) is 4.20. The minimum absolute atomic E-state index is 0.747. The molecule has 0 radical (unpaired) electrons. The molecule has 5 nitrogen and oxygen atoms in total. The molecule has 2 heterocycles. The molecule has 0 aliphatic carbocycles. The lowest BCUT2D eigenvalue weighted by Crippen LogP contribution is -2.42. The number of hydrogen-bond donors (Lipinski definition) is 0. The second-order valence-corrected chi connectivity index (χ2v) is 6.72. The van der Waals surface area contributed by atoms with Gasteiger partial charge in [-0.3, -0.25) is 5.01 Å². The Morgan fingerprint density at radius 2 is 1.92 bits per heavy atom. The maximum absolute atomic E-state index is 5.25. The number of rotatable bonds is 5. The van der Waals surface area contributed by atoms with Gasteiger partial charge in [0.2, 0.25) is 4.80 Å². The predicted octanol–water partition coefficient (Wildman–Crippen LogP) is 2.47. The lowest BCUT2D eigenvalue weighted by molar-refractivity contribution is 0.153. The Balaban J connectivity index is 1.93. The summed E-state index contributed by atoms with van der Waals surface area (Å²) in [5.41, 5.74) is 2.32. The summed E-state index contributed by atoms with van der Waals surface area (Å²) < 4.78 is 7.47. The molecule has 1 saturated heterocycles. The van der Waals surface area contributed by atoms with Crippen LogP contribution in [0.3, 0.4) is 0 Å². The van der Waals surface area contributed by atoms with Gasteiger partial charge in [0.15, 0.2) is 0 Å². The Morgan fingerprint density at radius 1 is 1.21 bits per heavy atom. The summed E-state index contributed by atoms with van der Waals surface area (Å²) in [5.74, 6) is 0.867. The SMILES string of the molecule is C=CCn1c(-c2ccc(OC)cc2)csc1=NN1CCN(C)CC1. The molecule has 24 heavy (non-hydrogen) atoms. The van der Waals surface area contributed by atoms with Crippen LogP contribution in [0.5, 0.6) is 5.75 Å². The van der Waals surface area contributed by atoms with E-state index in [0.29, 0.717) is 0 Å².